The Balaban J connectivity index is 0. The summed E-state index contributed by atoms with van der Waals surface area (Å²) >= 11 is 1.90. The maximum absolute atomic E-state index is 12.3. The molecule has 0 spiro atoms. The van der Waals surface area contributed by atoms with Crippen LogP contribution in [0.1, 0.15) is 10.4 Å². The summed E-state index contributed by atoms with van der Waals surface area (Å²) in [6.45, 7) is 0. The van der Waals surface area contributed by atoms with E-state index in [9.17, 15) is 18.7 Å². The van der Waals surface area contributed by atoms with Crippen molar-refractivity contribution in [1.29, 1.82) is 0 Å². The molecule has 0 aliphatic heterocycles. The molecule has 0 heterocycles. The van der Waals surface area contributed by atoms with Gasteiger partial charge in [0.05, 0.1) is 5.97 Å². The van der Waals surface area contributed by atoms with Crippen LogP contribution in [0.15, 0.2) is 18.2 Å². The Labute approximate surface area is 107 Å². The van der Waals surface area contributed by atoms with Crippen molar-refractivity contribution in [2.75, 3.05) is 0 Å². The summed E-state index contributed by atoms with van der Waals surface area (Å²) in [6, 6.07) is 1.98. The van der Waals surface area contributed by atoms with Gasteiger partial charge in [-0.3, -0.25) is 0 Å². The van der Waals surface area contributed by atoms with Crippen LogP contribution in [0.2, 0.25) is 0 Å². The van der Waals surface area contributed by atoms with Crippen molar-refractivity contribution >= 4 is 28.6 Å². The molecule has 0 aliphatic rings. The summed E-state index contributed by atoms with van der Waals surface area (Å²) in [5.74, 6) is -3.45. The van der Waals surface area contributed by atoms with Crippen molar-refractivity contribution in [2.24, 2.45) is 0 Å². The van der Waals surface area contributed by atoms with Crippen LogP contribution in [-0.4, -0.2) is 5.97 Å². The van der Waals surface area contributed by atoms with Crippen molar-refractivity contribution < 1.29 is 38.2 Å². The van der Waals surface area contributed by atoms with Crippen molar-refractivity contribution in [3.63, 3.8) is 0 Å². The molecular formula is C8H5F2IO2Zn-. The summed E-state index contributed by atoms with van der Waals surface area (Å²) in [6.07, 6.45) is 0. The number of hydrogen-bond donors (Lipinski definition) is 0. The van der Waals surface area contributed by atoms with Gasteiger partial charge in [-0.2, -0.15) is 0 Å². The van der Waals surface area contributed by atoms with Gasteiger partial charge in [0.2, 0.25) is 0 Å². The van der Waals surface area contributed by atoms with E-state index in [0.29, 0.717) is 18.2 Å². The van der Waals surface area contributed by atoms with E-state index >= 15 is 0 Å². The number of benzene rings is 1. The summed E-state index contributed by atoms with van der Waals surface area (Å²) < 4.78 is 24.5. The van der Waals surface area contributed by atoms with Gasteiger partial charge in [-0.05, 0) is 12.1 Å². The molecule has 0 aromatic heterocycles. The number of aromatic carboxylic acids is 1. The van der Waals surface area contributed by atoms with Gasteiger partial charge in [-0.15, -0.1) is 0 Å². The smallest absolute Gasteiger partial charge is 0.126 e. The molecule has 14 heavy (non-hydrogen) atoms. The molecule has 73 valence electrons. The molecule has 0 atom stereocenters. The van der Waals surface area contributed by atoms with Crippen molar-refractivity contribution in [1.82, 2.24) is 0 Å². The van der Waals surface area contributed by atoms with Gasteiger partial charge in [-0.1, -0.05) is 22.6 Å². The molecule has 0 aliphatic carbocycles. The van der Waals surface area contributed by atoms with E-state index in [1.54, 1.807) is 0 Å². The second-order valence-electron chi connectivity index (χ2n) is 1.95. The molecule has 1 aromatic carbocycles. The van der Waals surface area contributed by atoms with Gasteiger partial charge in [0.15, 0.2) is 0 Å². The fourth-order valence-electron chi connectivity index (χ4n) is 0.672. The van der Waals surface area contributed by atoms with E-state index in [1.165, 1.54) is 0 Å². The van der Waals surface area contributed by atoms with Crippen molar-refractivity contribution in [2.45, 2.75) is 0 Å². The minimum Gasteiger partial charge on any atom is -0.545 e. The van der Waals surface area contributed by atoms with Crippen LogP contribution in [0, 0.1) is 16.6 Å². The molecule has 0 N–H and O–H groups in total. The third-order valence-electron chi connectivity index (χ3n) is 1.10. The SMILES string of the molecule is O=C([O-])c1cc(F)cc(F)c1.[CH2]I.[Zn]. The van der Waals surface area contributed by atoms with Gasteiger partial charge in [0.25, 0.3) is 0 Å². The van der Waals surface area contributed by atoms with Gasteiger partial charge >= 0.3 is 0 Å². The summed E-state index contributed by atoms with van der Waals surface area (Å²) in [5.41, 5.74) is -0.498. The first-order chi connectivity index (χ1) is 6.09. The van der Waals surface area contributed by atoms with E-state index < -0.39 is 23.2 Å². The standard InChI is InChI=1S/C7H4F2O2.CH2I.Zn/c8-5-1-4(7(10)11)2-6(9)3-5;1-2;/h1-3H,(H,10,11);1H2;/p-1. The zero-order valence-corrected chi connectivity index (χ0v) is 12.2. The molecule has 0 saturated heterocycles. The van der Waals surface area contributed by atoms with Crippen LogP contribution in [0.3, 0.4) is 0 Å². The topological polar surface area (TPSA) is 40.1 Å². The largest absolute Gasteiger partial charge is 0.545 e. The first kappa shape index (κ1) is 16.3. The minimum absolute atomic E-state index is 0. The fourth-order valence-corrected chi connectivity index (χ4v) is 0.672. The van der Waals surface area contributed by atoms with Crippen molar-refractivity contribution in [3.05, 3.63) is 40.3 Å². The maximum Gasteiger partial charge on any atom is 0.126 e. The molecule has 0 unspecified atom stereocenters. The average molecular weight is 363 g/mol. The normalized spacial score (nSPS) is 8.00. The van der Waals surface area contributed by atoms with Crippen LogP contribution in [-0.2, 0) is 19.5 Å². The Bertz CT molecular complexity index is 287. The number of rotatable bonds is 1. The van der Waals surface area contributed by atoms with E-state index in [0.717, 1.165) is 0 Å². The van der Waals surface area contributed by atoms with Crippen LogP contribution in [0.5, 0.6) is 0 Å². The molecule has 0 amide bonds. The first-order valence-corrected chi connectivity index (χ1v) is 4.56. The molecule has 0 saturated carbocycles. The van der Waals surface area contributed by atoms with Crippen LogP contribution >= 0.6 is 22.6 Å². The molecule has 1 rings (SSSR count). The van der Waals surface area contributed by atoms with E-state index in [1.807, 2.05) is 22.6 Å². The minimum atomic E-state index is -1.59. The molecule has 1 aromatic rings. The predicted octanol–water partition coefficient (Wildman–Crippen LogP) is 1.54. The Morgan fingerprint density at radius 3 is 1.86 bits per heavy atom. The first-order valence-electron chi connectivity index (χ1n) is 3.04. The molecular weight excluding hydrogens is 358 g/mol. The summed E-state index contributed by atoms with van der Waals surface area (Å²) in [4.78, 5) is 13.3. The van der Waals surface area contributed by atoms with Gasteiger partial charge < -0.3 is 9.90 Å². The Morgan fingerprint density at radius 1 is 1.21 bits per heavy atom. The average Bonchev–Trinajstić information content (AvgIpc) is 2.06. The van der Waals surface area contributed by atoms with Crippen LogP contribution in [0.25, 0.3) is 0 Å². The van der Waals surface area contributed by atoms with Gasteiger partial charge in [0, 0.05) is 36.0 Å². The van der Waals surface area contributed by atoms with Crippen molar-refractivity contribution in [3.8, 4) is 0 Å². The quantitative estimate of drug-likeness (QED) is 0.561. The zero-order chi connectivity index (χ0) is 10.4. The number of carboxylic acid groups (broad SMARTS) is 1. The monoisotopic (exact) mass is 362 g/mol. The number of halogens is 3. The number of carbonyl (C=O) groups excluding carboxylic acids is 1. The second kappa shape index (κ2) is 8.23. The Hall–Kier alpha value is -0.0966. The van der Waals surface area contributed by atoms with Crippen LogP contribution in [0.4, 0.5) is 8.78 Å². The number of hydrogen-bond acceptors (Lipinski definition) is 2. The molecule has 0 fully saturated rings. The summed E-state index contributed by atoms with van der Waals surface area (Å²) in [7, 11) is 0. The third-order valence-corrected chi connectivity index (χ3v) is 1.10. The van der Waals surface area contributed by atoms with Crippen LogP contribution < -0.4 is 5.11 Å². The summed E-state index contributed by atoms with van der Waals surface area (Å²) in [5, 5.41) is 10.1. The molecule has 6 heteroatoms. The zero-order valence-electron chi connectivity index (χ0n) is 7.10. The third kappa shape index (κ3) is 5.60. The van der Waals surface area contributed by atoms with Gasteiger partial charge in [-0.25, -0.2) is 8.78 Å². The van der Waals surface area contributed by atoms with Gasteiger partial charge in [0.1, 0.15) is 11.6 Å². The van der Waals surface area contributed by atoms with E-state index in [-0.39, 0.29) is 19.5 Å². The maximum atomic E-state index is 12.3. The predicted molar refractivity (Wildman–Crippen MR) is 50.1 cm³/mol. The second-order valence-corrected chi connectivity index (χ2v) is 1.95. The van der Waals surface area contributed by atoms with E-state index in [4.69, 9.17) is 0 Å². The number of carboxylic acids is 1. The molecule has 1 radical (unpaired) electrons. The molecule has 0 bridgehead atoms. The fraction of sp³-hybridized carbons (Fsp3) is 0. The molecule has 2 nitrogen and oxygen atoms in total. The Kier molecular flexibility index (Phi) is 9.61. The number of carbonyl (C=O) groups is 1. The Morgan fingerprint density at radius 2 is 1.57 bits per heavy atom. The van der Waals surface area contributed by atoms with E-state index in [2.05, 4.69) is 4.93 Å².